The molecule has 0 bridgehead atoms. The molecule has 1 aromatic heterocycles. The van der Waals surface area contributed by atoms with Gasteiger partial charge in [-0.2, -0.15) is 0 Å². The van der Waals surface area contributed by atoms with Crippen LogP contribution in [-0.2, 0) is 19.6 Å². The highest BCUT2D eigenvalue weighted by Gasteiger charge is 2.24. The van der Waals surface area contributed by atoms with Gasteiger partial charge in [0, 0.05) is 11.5 Å². The molecule has 26 heavy (non-hydrogen) atoms. The van der Waals surface area contributed by atoms with Gasteiger partial charge in [0.05, 0.1) is 18.6 Å². The number of esters is 1. The maximum absolute atomic E-state index is 12.4. The van der Waals surface area contributed by atoms with Gasteiger partial charge < -0.3 is 10.1 Å². The van der Waals surface area contributed by atoms with Crippen molar-refractivity contribution in [2.45, 2.75) is 13.8 Å². The number of para-hydroxylation sites is 1. The number of carbonyl (C=O) groups is 2. The molecule has 1 aromatic carbocycles. The summed E-state index contributed by atoms with van der Waals surface area (Å²) in [7, 11) is -3.70. The van der Waals surface area contributed by atoms with Gasteiger partial charge in [-0.3, -0.25) is 9.10 Å². The minimum absolute atomic E-state index is 0.103. The van der Waals surface area contributed by atoms with E-state index in [1.807, 2.05) is 0 Å². The summed E-state index contributed by atoms with van der Waals surface area (Å²) in [6, 6.07) is 6.82. The third-order valence-corrected chi connectivity index (χ3v) is 5.05. The number of nitrogens with zero attached hydrogens (tertiary/aromatic N) is 3. The topological polar surface area (TPSA) is 119 Å². The number of sulfonamides is 1. The number of nitrogens with one attached hydrogen (secondary N) is 1. The highest BCUT2D eigenvalue weighted by Crippen LogP contribution is 2.23. The van der Waals surface area contributed by atoms with Crippen LogP contribution in [-0.4, -0.2) is 49.3 Å². The number of amides is 1. The van der Waals surface area contributed by atoms with Crippen LogP contribution in [0.1, 0.15) is 23.0 Å². The zero-order valence-electron chi connectivity index (χ0n) is 14.4. The maximum Gasteiger partial charge on any atom is 0.362 e. The molecule has 1 N–H and O–H groups in total. The molecule has 11 heteroatoms. The molecule has 9 nitrogen and oxygen atoms in total. The molecule has 0 spiro atoms. The van der Waals surface area contributed by atoms with Crippen molar-refractivity contribution in [1.82, 2.24) is 9.59 Å². The van der Waals surface area contributed by atoms with Crippen molar-refractivity contribution >= 4 is 44.1 Å². The summed E-state index contributed by atoms with van der Waals surface area (Å²) in [5.74, 6) is -1.34. The van der Waals surface area contributed by atoms with Crippen molar-refractivity contribution in [2.24, 2.45) is 0 Å². The third-order valence-electron chi connectivity index (χ3n) is 3.28. The number of hydrogen-bond acceptors (Lipinski definition) is 8. The van der Waals surface area contributed by atoms with E-state index in [0.717, 1.165) is 22.1 Å². The Hall–Kier alpha value is -2.53. The fourth-order valence-corrected chi connectivity index (χ4v) is 3.61. The van der Waals surface area contributed by atoms with Gasteiger partial charge in [0.1, 0.15) is 6.54 Å². The summed E-state index contributed by atoms with van der Waals surface area (Å²) in [6.07, 6.45) is 1.02. The Morgan fingerprint density at radius 1 is 1.31 bits per heavy atom. The number of carbonyl (C=O) groups excluding carboxylic acids is 2. The van der Waals surface area contributed by atoms with Crippen molar-refractivity contribution in [1.29, 1.82) is 0 Å². The van der Waals surface area contributed by atoms with Crippen molar-refractivity contribution in [3.05, 3.63) is 35.5 Å². The first-order valence-electron chi connectivity index (χ1n) is 7.56. The highest BCUT2D eigenvalue weighted by molar-refractivity contribution is 7.92. The lowest BCUT2D eigenvalue weighted by Gasteiger charge is -2.23. The maximum atomic E-state index is 12.4. The second-order valence-electron chi connectivity index (χ2n) is 5.28. The zero-order valence-corrected chi connectivity index (χ0v) is 16.1. The Bertz CT molecular complexity index is 910. The average molecular weight is 398 g/mol. The summed E-state index contributed by atoms with van der Waals surface area (Å²) >= 11 is 0.804. The molecule has 0 aliphatic rings. The molecular formula is C15H18N4O5S2. The molecule has 1 amide bonds. The first-order chi connectivity index (χ1) is 12.2. The van der Waals surface area contributed by atoms with Gasteiger partial charge in [0.2, 0.25) is 21.6 Å². The SMILES string of the molecule is CCOC(=O)c1nnsc1NC(=O)CN(c1ccccc1C)S(C)(=O)=O. The lowest BCUT2D eigenvalue weighted by molar-refractivity contribution is -0.114. The van der Waals surface area contributed by atoms with Gasteiger partial charge >= 0.3 is 5.97 Å². The Balaban J connectivity index is 2.21. The van der Waals surface area contributed by atoms with E-state index < -0.39 is 28.4 Å². The monoisotopic (exact) mass is 398 g/mol. The van der Waals surface area contributed by atoms with Crippen LogP contribution in [0.3, 0.4) is 0 Å². The van der Waals surface area contributed by atoms with Crippen LogP contribution >= 0.6 is 11.5 Å². The summed E-state index contributed by atoms with van der Waals surface area (Å²) in [6.45, 7) is 3.09. The Kier molecular flexibility index (Phi) is 6.27. The minimum atomic E-state index is -3.70. The Morgan fingerprint density at radius 2 is 2.00 bits per heavy atom. The number of hydrogen-bond donors (Lipinski definition) is 1. The van der Waals surface area contributed by atoms with Gasteiger partial charge in [0.25, 0.3) is 0 Å². The molecule has 0 unspecified atom stereocenters. The fourth-order valence-electron chi connectivity index (χ4n) is 2.13. The van der Waals surface area contributed by atoms with E-state index in [0.29, 0.717) is 11.3 Å². The van der Waals surface area contributed by atoms with Gasteiger partial charge in [0.15, 0.2) is 5.00 Å². The predicted molar refractivity (Wildman–Crippen MR) is 97.9 cm³/mol. The van der Waals surface area contributed by atoms with E-state index >= 15 is 0 Å². The molecule has 0 aliphatic heterocycles. The zero-order chi connectivity index (χ0) is 19.3. The van der Waals surface area contributed by atoms with Crippen LogP contribution in [0.4, 0.5) is 10.7 Å². The molecule has 140 valence electrons. The second kappa shape index (κ2) is 8.23. The summed E-state index contributed by atoms with van der Waals surface area (Å²) in [5, 5.41) is 6.21. The Morgan fingerprint density at radius 3 is 2.62 bits per heavy atom. The second-order valence-corrected chi connectivity index (χ2v) is 7.94. The number of aromatic nitrogens is 2. The molecule has 0 atom stereocenters. The van der Waals surface area contributed by atoms with E-state index in [1.54, 1.807) is 38.1 Å². The lowest BCUT2D eigenvalue weighted by atomic mass is 10.2. The normalized spacial score (nSPS) is 11.0. The molecule has 2 aromatic rings. The Labute approximate surface area is 155 Å². The minimum Gasteiger partial charge on any atom is -0.461 e. The predicted octanol–water partition coefficient (Wildman–Crippen LogP) is 1.43. The quantitative estimate of drug-likeness (QED) is 0.701. The molecule has 1 heterocycles. The molecule has 0 radical (unpaired) electrons. The van der Waals surface area contributed by atoms with Gasteiger partial charge in [-0.1, -0.05) is 22.7 Å². The first-order valence-corrected chi connectivity index (χ1v) is 10.2. The van der Waals surface area contributed by atoms with Crippen molar-refractivity contribution in [3.8, 4) is 0 Å². The van der Waals surface area contributed by atoms with E-state index in [-0.39, 0.29) is 17.3 Å². The number of ether oxygens (including phenoxy) is 1. The van der Waals surface area contributed by atoms with E-state index in [2.05, 4.69) is 14.9 Å². The van der Waals surface area contributed by atoms with Crippen LogP contribution in [0.15, 0.2) is 24.3 Å². The average Bonchev–Trinajstić information content (AvgIpc) is 3.01. The van der Waals surface area contributed by atoms with Gasteiger partial charge in [-0.05, 0) is 25.5 Å². The van der Waals surface area contributed by atoms with E-state index in [9.17, 15) is 18.0 Å². The fraction of sp³-hybridized carbons (Fsp3) is 0.333. The molecule has 2 rings (SSSR count). The third kappa shape index (κ3) is 4.76. The van der Waals surface area contributed by atoms with Crippen LogP contribution in [0, 0.1) is 6.92 Å². The van der Waals surface area contributed by atoms with Crippen LogP contribution in [0.25, 0.3) is 0 Å². The van der Waals surface area contributed by atoms with Crippen molar-refractivity contribution in [3.63, 3.8) is 0 Å². The van der Waals surface area contributed by atoms with Crippen molar-refractivity contribution in [2.75, 3.05) is 29.0 Å². The van der Waals surface area contributed by atoms with Gasteiger partial charge in [-0.15, -0.1) is 5.10 Å². The molecule has 0 aliphatic carbocycles. The van der Waals surface area contributed by atoms with Crippen molar-refractivity contribution < 1.29 is 22.7 Å². The number of rotatable bonds is 7. The van der Waals surface area contributed by atoms with Crippen LogP contribution in [0.2, 0.25) is 0 Å². The standard InChI is InChI=1S/C15H18N4O5S2/c1-4-24-15(21)13-14(25-18-17-13)16-12(20)9-19(26(3,22)23)11-8-6-5-7-10(11)2/h5-8H,4,9H2,1-3H3,(H,16,20). The van der Waals surface area contributed by atoms with Crippen LogP contribution in [0.5, 0.6) is 0 Å². The molecule has 0 fully saturated rings. The van der Waals surface area contributed by atoms with Gasteiger partial charge in [-0.25, -0.2) is 13.2 Å². The number of benzene rings is 1. The summed E-state index contributed by atoms with van der Waals surface area (Å²) in [4.78, 5) is 24.1. The van der Waals surface area contributed by atoms with E-state index in [4.69, 9.17) is 4.74 Å². The number of anilines is 2. The van der Waals surface area contributed by atoms with E-state index in [1.165, 1.54) is 0 Å². The smallest absolute Gasteiger partial charge is 0.362 e. The highest BCUT2D eigenvalue weighted by atomic mass is 32.2. The lowest BCUT2D eigenvalue weighted by Crippen LogP contribution is -2.37. The number of aryl methyl sites for hydroxylation is 1. The molecular weight excluding hydrogens is 380 g/mol. The summed E-state index contributed by atoms with van der Waals surface area (Å²) < 4.78 is 33.7. The largest absolute Gasteiger partial charge is 0.461 e. The summed E-state index contributed by atoms with van der Waals surface area (Å²) in [5.41, 5.74) is 0.989. The molecule has 0 saturated carbocycles. The molecule has 0 saturated heterocycles. The van der Waals surface area contributed by atoms with Crippen LogP contribution < -0.4 is 9.62 Å². The first kappa shape index (κ1) is 19.8.